The summed E-state index contributed by atoms with van der Waals surface area (Å²) in [4.78, 5) is 14.4. The molecule has 0 aliphatic heterocycles. The molecule has 0 aliphatic carbocycles. The highest BCUT2D eigenvalue weighted by molar-refractivity contribution is 7.99. The second kappa shape index (κ2) is 5.30. The van der Waals surface area contributed by atoms with Crippen LogP contribution in [0.2, 0.25) is 0 Å². The second-order valence-corrected chi connectivity index (χ2v) is 6.00. The Morgan fingerprint density at radius 3 is 2.62 bits per heavy atom. The molecule has 1 aromatic rings. The molecule has 0 N–H and O–H groups in total. The minimum atomic E-state index is -3.21. The molecule has 0 fully saturated rings. The summed E-state index contributed by atoms with van der Waals surface area (Å²) in [6.45, 7) is 0.223. The predicted octanol–water partition coefficient (Wildman–Crippen LogP) is 1.65. The van der Waals surface area contributed by atoms with Crippen LogP contribution in [0.4, 0.5) is 0 Å². The fourth-order valence-electron chi connectivity index (χ4n) is 1.24. The maximum absolute atomic E-state index is 11.4. The van der Waals surface area contributed by atoms with E-state index in [0.717, 1.165) is 5.56 Å². The number of isocyanates is 1. The number of nitrogens with zero attached hydrogens (tertiary/aromatic N) is 1. The van der Waals surface area contributed by atoms with Crippen molar-refractivity contribution in [1.82, 2.24) is 0 Å². The van der Waals surface area contributed by atoms with E-state index in [1.807, 2.05) is 0 Å². The summed E-state index contributed by atoms with van der Waals surface area (Å²) in [5, 5.41) is 0. The van der Waals surface area contributed by atoms with Crippen LogP contribution in [-0.2, 0) is 21.2 Å². The summed E-state index contributed by atoms with van der Waals surface area (Å²) in [6.07, 6.45) is 4.42. The summed E-state index contributed by atoms with van der Waals surface area (Å²) in [5.41, 5.74) is 0.792. The molecule has 0 aliphatic rings. The molecule has 1 aromatic carbocycles. The molecule has 16 heavy (non-hydrogen) atoms. The van der Waals surface area contributed by atoms with Gasteiger partial charge >= 0.3 is 0 Å². The molecule has 6 heteroatoms. The summed E-state index contributed by atoms with van der Waals surface area (Å²) in [5.74, 6) is 0. The monoisotopic (exact) mass is 257 g/mol. The SMILES string of the molecule is CSc1cc(CN=C=O)ccc1S(C)(=O)=O. The van der Waals surface area contributed by atoms with Crippen molar-refractivity contribution >= 4 is 27.7 Å². The Hall–Kier alpha value is -1.10. The van der Waals surface area contributed by atoms with Gasteiger partial charge in [-0.2, -0.15) is 0 Å². The zero-order valence-electron chi connectivity index (χ0n) is 8.93. The molecule has 0 aromatic heterocycles. The lowest BCUT2D eigenvalue weighted by Crippen LogP contribution is -1.99. The molecule has 86 valence electrons. The maximum atomic E-state index is 11.4. The molecule has 0 atom stereocenters. The Morgan fingerprint density at radius 2 is 2.12 bits per heavy atom. The van der Waals surface area contributed by atoms with E-state index in [1.54, 1.807) is 18.4 Å². The lowest BCUT2D eigenvalue weighted by molar-refractivity contribution is 0.562. The van der Waals surface area contributed by atoms with Gasteiger partial charge in [0.15, 0.2) is 9.84 Å². The first-order chi connectivity index (χ1) is 7.49. The highest BCUT2D eigenvalue weighted by atomic mass is 32.2. The molecule has 0 amide bonds. The Kier molecular flexibility index (Phi) is 4.29. The number of aliphatic imine (C=N–C) groups is 1. The van der Waals surface area contributed by atoms with Crippen LogP contribution in [0.5, 0.6) is 0 Å². The van der Waals surface area contributed by atoms with Crippen LogP contribution in [0.15, 0.2) is 33.0 Å². The summed E-state index contributed by atoms with van der Waals surface area (Å²) >= 11 is 1.35. The van der Waals surface area contributed by atoms with Gasteiger partial charge in [-0.05, 0) is 24.0 Å². The number of hydrogen-bond donors (Lipinski definition) is 0. The molecular weight excluding hydrogens is 246 g/mol. The second-order valence-electron chi connectivity index (χ2n) is 3.16. The van der Waals surface area contributed by atoms with Crippen LogP contribution in [-0.4, -0.2) is 27.0 Å². The van der Waals surface area contributed by atoms with Crippen molar-refractivity contribution in [3.63, 3.8) is 0 Å². The summed E-state index contributed by atoms with van der Waals surface area (Å²) < 4.78 is 22.9. The third kappa shape index (κ3) is 3.20. The topological polar surface area (TPSA) is 63.6 Å². The van der Waals surface area contributed by atoms with Gasteiger partial charge in [-0.3, -0.25) is 0 Å². The van der Waals surface area contributed by atoms with Crippen molar-refractivity contribution in [2.45, 2.75) is 16.3 Å². The van der Waals surface area contributed by atoms with Crippen molar-refractivity contribution in [3.8, 4) is 0 Å². The summed E-state index contributed by atoms with van der Waals surface area (Å²) in [7, 11) is -3.21. The third-order valence-corrected chi connectivity index (χ3v) is 4.02. The number of rotatable bonds is 4. The Labute approximate surface area is 98.7 Å². The average molecular weight is 257 g/mol. The van der Waals surface area contributed by atoms with Crippen molar-refractivity contribution in [1.29, 1.82) is 0 Å². The van der Waals surface area contributed by atoms with Crippen molar-refractivity contribution < 1.29 is 13.2 Å². The molecule has 0 saturated heterocycles. The first kappa shape index (κ1) is 13.0. The minimum absolute atomic E-state index is 0.223. The first-order valence-electron chi connectivity index (χ1n) is 4.39. The largest absolute Gasteiger partial charge is 0.235 e. The van der Waals surface area contributed by atoms with E-state index >= 15 is 0 Å². The molecule has 1 rings (SSSR count). The highest BCUT2D eigenvalue weighted by Gasteiger charge is 2.12. The van der Waals surface area contributed by atoms with Gasteiger partial charge in [0.1, 0.15) is 0 Å². The quantitative estimate of drug-likeness (QED) is 0.467. The van der Waals surface area contributed by atoms with E-state index in [-0.39, 0.29) is 6.54 Å². The fraction of sp³-hybridized carbons (Fsp3) is 0.300. The summed E-state index contributed by atoms with van der Waals surface area (Å²) in [6, 6.07) is 4.91. The van der Waals surface area contributed by atoms with Crippen LogP contribution in [0, 0.1) is 0 Å². The van der Waals surface area contributed by atoms with Crippen LogP contribution >= 0.6 is 11.8 Å². The Bertz CT molecular complexity index is 531. The van der Waals surface area contributed by atoms with Crippen LogP contribution in [0.1, 0.15) is 5.56 Å². The van der Waals surface area contributed by atoms with Gasteiger partial charge in [0, 0.05) is 11.2 Å². The maximum Gasteiger partial charge on any atom is 0.235 e. The highest BCUT2D eigenvalue weighted by Crippen LogP contribution is 2.26. The van der Waals surface area contributed by atoms with Gasteiger partial charge in [0.2, 0.25) is 6.08 Å². The van der Waals surface area contributed by atoms with Gasteiger partial charge in [0.25, 0.3) is 0 Å². The lowest BCUT2D eigenvalue weighted by Gasteiger charge is -2.06. The van der Waals surface area contributed by atoms with Gasteiger partial charge in [-0.25, -0.2) is 18.2 Å². The number of hydrogen-bond acceptors (Lipinski definition) is 5. The van der Waals surface area contributed by atoms with Crippen LogP contribution < -0.4 is 0 Å². The normalized spacial score (nSPS) is 10.9. The lowest BCUT2D eigenvalue weighted by atomic mass is 10.2. The van der Waals surface area contributed by atoms with E-state index < -0.39 is 9.84 Å². The van der Waals surface area contributed by atoms with Crippen LogP contribution in [0.3, 0.4) is 0 Å². The Balaban J connectivity index is 3.22. The third-order valence-electron chi connectivity index (χ3n) is 1.95. The van der Waals surface area contributed by atoms with Gasteiger partial charge in [-0.15, -0.1) is 11.8 Å². The van der Waals surface area contributed by atoms with E-state index in [1.165, 1.54) is 30.2 Å². The molecule has 0 spiro atoms. The van der Waals surface area contributed by atoms with Crippen molar-refractivity contribution in [2.24, 2.45) is 4.99 Å². The number of thioether (sulfide) groups is 1. The zero-order valence-corrected chi connectivity index (χ0v) is 10.6. The van der Waals surface area contributed by atoms with Gasteiger partial charge < -0.3 is 0 Å². The van der Waals surface area contributed by atoms with E-state index in [9.17, 15) is 13.2 Å². The molecule has 0 saturated carbocycles. The minimum Gasteiger partial charge on any atom is -0.224 e. The fourth-order valence-corrected chi connectivity index (χ4v) is 3.22. The van der Waals surface area contributed by atoms with Crippen LogP contribution in [0.25, 0.3) is 0 Å². The van der Waals surface area contributed by atoms with E-state index in [2.05, 4.69) is 4.99 Å². The van der Waals surface area contributed by atoms with Crippen molar-refractivity contribution in [3.05, 3.63) is 23.8 Å². The number of carbonyl (C=O) groups excluding carboxylic acids is 1. The standard InChI is InChI=1S/C10H11NO3S2/c1-15-9-5-8(6-11-7-12)3-4-10(9)16(2,13)14/h3-5H,6H2,1-2H3. The molecule has 0 heterocycles. The molecule has 0 radical (unpaired) electrons. The van der Waals surface area contributed by atoms with E-state index in [4.69, 9.17) is 0 Å². The predicted molar refractivity (Wildman–Crippen MR) is 63.2 cm³/mol. The van der Waals surface area contributed by atoms with E-state index in [0.29, 0.717) is 9.79 Å². The Morgan fingerprint density at radius 1 is 1.44 bits per heavy atom. The molecule has 0 bridgehead atoms. The number of sulfone groups is 1. The molecular formula is C10H11NO3S2. The molecule has 4 nitrogen and oxygen atoms in total. The van der Waals surface area contributed by atoms with Crippen molar-refractivity contribution in [2.75, 3.05) is 12.5 Å². The zero-order chi connectivity index (χ0) is 12.2. The number of benzene rings is 1. The smallest absolute Gasteiger partial charge is 0.224 e. The van der Waals surface area contributed by atoms with Gasteiger partial charge in [0.05, 0.1) is 11.4 Å². The van der Waals surface area contributed by atoms with Gasteiger partial charge in [-0.1, -0.05) is 6.07 Å². The average Bonchev–Trinajstić information content (AvgIpc) is 2.24. The molecule has 0 unspecified atom stereocenters. The first-order valence-corrected chi connectivity index (χ1v) is 7.51.